The predicted octanol–water partition coefficient (Wildman–Crippen LogP) is 1.95. The first-order chi connectivity index (χ1) is 6.35. The van der Waals surface area contributed by atoms with E-state index in [4.69, 9.17) is 5.11 Å². The Morgan fingerprint density at radius 3 is 2.23 bits per heavy atom. The third-order valence-electron chi connectivity index (χ3n) is 1.22. The standard InChI is InChI=1S/C9H10O.C2H6O/c10-8-4-7-9-5-2-1-3-6-9;1-3-2/h1-7,10H,8H2;1-2H3/b7-4+;. The van der Waals surface area contributed by atoms with Crippen molar-refractivity contribution in [3.63, 3.8) is 0 Å². The van der Waals surface area contributed by atoms with Gasteiger partial charge in [-0.25, -0.2) is 0 Å². The van der Waals surface area contributed by atoms with Crippen LogP contribution in [0.1, 0.15) is 5.56 Å². The zero-order valence-corrected chi connectivity index (χ0v) is 8.10. The maximum absolute atomic E-state index is 8.44. The number of hydrogen-bond donors (Lipinski definition) is 1. The van der Waals surface area contributed by atoms with Crippen molar-refractivity contribution in [2.24, 2.45) is 0 Å². The Morgan fingerprint density at radius 1 is 1.23 bits per heavy atom. The molecule has 1 aromatic carbocycles. The average Bonchev–Trinajstić information content (AvgIpc) is 2.18. The van der Waals surface area contributed by atoms with Gasteiger partial charge in [0, 0.05) is 14.2 Å². The number of hydrogen-bond acceptors (Lipinski definition) is 2. The molecule has 0 saturated carbocycles. The van der Waals surface area contributed by atoms with Gasteiger partial charge in [0.1, 0.15) is 0 Å². The van der Waals surface area contributed by atoms with Crippen molar-refractivity contribution in [2.45, 2.75) is 0 Å². The molecular formula is C11H16O2. The lowest BCUT2D eigenvalue weighted by Crippen LogP contribution is -1.72. The summed E-state index contributed by atoms with van der Waals surface area (Å²) < 4.78 is 4.25. The lowest BCUT2D eigenvalue weighted by molar-refractivity contribution is 0.277. The van der Waals surface area contributed by atoms with Gasteiger partial charge in [-0.3, -0.25) is 0 Å². The zero-order valence-electron chi connectivity index (χ0n) is 8.10. The van der Waals surface area contributed by atoms with E-state index in [1.165, 1.54) is 0 Å². The van der Waals surface area contributed by atoms with Crippen LogP contribution in [0.5, 0.6) is 0 Å². The number of methoxy groups -OCH3 is 1. The van der Waals surface area contributed by atoms with Gasteiger partial charge in [0.05, 0.1) is 6.61 Å². The van der Waals surface area contributed by atoms with Gasteiger partial charge < -0.3 is 9.84 Å². The molecule has 0 atom stereocenters. The van der Waals surface area contributed by atoms with Crippen molar-refractivity contribution in [1.29, 1.82) is 0 Å². The first-order valence-corrected chi connectivity index (χ1v) is 4.07. The Kier molecular flexibility index (Phi) is 8.20. The Labute approximate surface area is 79.5 Å². The maximum atomic E-state index is 8.44. The molecule has 0 aromatic heterocycles. The molecule has 0 radical (unpaired) electrons. The van der Waals surface area contributed by atoms with Crippen molar-refractivity contribution in [3.8, 4) is 0 Å². The van der Waals surface area contributed by atoms with Gasteiger partial charge in [-0.2, -0.15) is 0 Å². The second-order valence-corrected chi connectivity index (χ2v) is 2.40. The van der Waals surface area contributed by atoms with Crippen LogP contribution in [-0.4, -0.2) is 25.9 Å². The van der Waals surface area contributed by atoms with Gasteiger partial charge in [-0.05, 0) is 5.56 Å². The molecule has 2 nitrogen and oxygen atoms in total. The first-order valence-electron chi connectivity index (χ1n) is 4.07. The summed E-state index contributed by atoms with van der Waals surface area (Å²) >= 11 is 0. The van der Waals surface area contributed by atoms with Crippen molar-refractivity contribution < 1.29 is 9.84 Å². The molecule has 0 bridgehead atoms. The fourth-order valence-electron chi connectivity index (χ4n) is 0.753. The lowest BCUT2D eigenvalue weighted by atomic mass is 10.2. The van der Waals surface area contributed by atoms with E-state index in [9.17, 15) is 0 Å². The Balaban J connectivity index is 0.000000424. The minimum absolute atomic E-state index is 0.106. The smallest absolute Gasteiger partial charge is 0.0615 e. The number of ether oxygens (including phenoxy) is 1. The molecular weight excluding hydrogens is 164 g/mol. The summed E-state index contributed by atoms with van der Waals surface area (Å²) in [4.78, 5) is 0. The quantitative estimate of drug-likeness (QED) is 0.753. The van der Waals surface area contributed by atoms with Crippen LogP contribution in [0, 0.1) is 0 Å². The van der Waals surface area contributed by atoms with Crippen LogP contribution in [0.15, 0.2) is 36.4 Å². The third-order valence-corrected chi connectivity index (χ3v) is 1.22. The van der Waals surface area contributed by atoms with Crippen molar-refractivity contribution in [3.05, 3.63) is 42.0 Å². The van der Waals surface area contributed by atoms with Crippen molar-refractivity contribution in [1.82, 2.24) is 0 Å². The minimum Gasteiger partial charge on any atom is -0.392 e. The highest BCUT2D eigenvalue weighted by molar-refractivity contribution is 5.48. The number of benzene rings is 1. The normalized spacial score (nSPS) is 9.46. The summed E-state index contributed by atoms with van der Waals surface area (Å²) in [6.07, 6.45) is 3.61. The van der Waals surface area contributed by atoms with Gasteiger partial charge in [0.2, 0.25) is 0 Å². The molecule has 1 aromatic rings. The number of aliphatic hydroxyl groups excluding tert-OH is 1. The van der Waals surface area contributed by atoms with E-state index < -0.39 is 0 Å². The van der Waals surface area contributed by atoms with E-state index in [-0.39, 0.29) is 6.61 Å². The van der Waals surface area contributed by atoms with Gasteiger partial charge in [-0.1, -0.05) is 42.5 Å². The number of aliphatic hydroxyl groups is 1. The molecule has 0 saturated heterocycles. The highest BCUT2D eigenvalue weighted by Crippen LogP contribution is 1.99. The van der Waals surface area contributed by atoms with Crippen LogP contribution in [0.4, 0.5) is 0 Å². The molecule has 0 amide bonds. The van der Waals surface area contributed by atoms with Gasteiger partial charge >= 0.3 is 0 Å². The Bertz CT molecular complexity index is 217. The summed E-state index contributed by atoms with van der Waals surface area (Å²) in [6.45, 7) is 0.106. The van der Waals surface area contributed by atoms with Gasteiger partial charge in [-0.15, -0.1) is 0 Å². The molecule has 0 aliphatic carbocycles. The van der Waals surface area contributed by atoms with E-state index in [1.807, 2.05) is 36.4 Å². The predicted molar refractivity (Wildman–Crippen MR) is 55.5 cm³/mol. The van der Waals surface area contributed by atoms with Crippen LogP contribution >= 0.6 is 0 Å². The fraction of sp³-hybridized carbons (Fsp3) is 0.273. The van der Waals surface area contributed by atoms with Gasteiger partial charge in [0.15, 0.2) is 0 Å². The zero-order chi connectivity index (χ0) is 9.94. The summed E-state index contributed by atoms with van der Waals surface area (Å²) in [5.41, 5.74) is 1.12. The molecule has 2 heteroatoms. The molecule has 1 N–H and O–H groups in total. The van der Waals surface area contributed by atoms with E-state index in [2.05, 4.69) is 4.74 Å². The second kappa shape index (κ2) is 8.97. The average molecular weight is 180 g/mol. The monoisotopic (exact) mass is 180 g/mol. The van der Waals surface area contributed by atoms with E-state index >= 15 is 0 Å². The SMILES string of the molecule is COC.OC/C=C/c1ccccc1. The Hall–Kier alpha value is -1.12. The highest BCUT2D eigenvalue weighted by atomic mass is 16.4. The summed E-state index contributed by atoms with van der Waals surface area (Å²) in [6, 6.07) is 9.89. The molecule has 0 heterocycles. The molecule has 0 unspecified atom stereocenters. The third kappa shape index (κ3) is 7.25. The molecule has 0 spiro atoms. The topological polar surface area (TPSA) is 29.5 Å². The van der Waals surface area contributed by atoms with E-state index in [0.717, 1.165) is 5.56 Å². The second-order valence-electron chi connectivity index (χ2n) is 2.40. The first kappa shape index (κ1) is 11.9. The van der Waals surface area contributed by atoms with Crippen LogP contribution in [-0.2, 0) is 4.74 Å². The van der Waals surface area contributed by atoms with Crippen LogP contribution in [0.2, 0.25) is 0 Å². The summed E-state index contributed by atoms with van der Waals surface area (Å²) in [5.74, 6) is 0. The lowest BCUT2D eigenvalue weighted by Gasteiger charge is -1.88. The highest BCUT2D eigenvalue weighted by Gasteiger charge is 1.79. The molecule has 72 valence electrons. The number of rotatable bonds is 2. The molecule has 0 aliphatic rings. The molecule has 0 fully saturated rings. The van der Waals surface area contributed by atoms with E-state index in [0.29, 0.717) is 0 Å². The van der Waals surface area contributed by atoms with Crippen LogP contribution < -0.4 is 0 Å². The van der Waals surface area contributed by atoms with Gasteiger partial charge in [0.25, 0.3) is 0 Å². The van der Waals surface area contributed by atoms with Crippen LogP contribution in [0.3, 0.4) is 0 Å². The molecule has 0 aliphatic heterocycles. The summed E-state index contributed by atoms with van der Waals surface area (Å²) in [5, 5.41) is 8.44. The van der Waals surface area contributed by atoms with Crippen molar-refractivity contribution in [2.75, 3.05) is 20.8 Å². The molecule has 1 rings (SSSR count). The minimum atomic E-state index is 0.106. The van der Waals surface area contributed by atoms with E-state index in [1.54, 1.807) is 20.3 Å². The summed E-state index contributed by atoms with van der Waals surface area (Å²) in [7, 11) is 3.25. The largest absolute Gasteiger partial charge is 0.392 e. The maximum Gasteiger partial charge on any atom is 0.0615 e. The molecule has 13 heavy (non-hydrogen) atoms. The fourth-order valence-corrected chi connectivity index (χ4v) is 0.753. The Morgan fingerprint density at radius 2 is 1.77 bits per heavy atom. The van der Waals surface area contributed by atoms with Crippen molar-refractivity contribution >= 4 is 6.08 Å². The van der Waals surface area contributed by atoms with Crippen LogP contribution in [0.25, 0.3) is 6.08 Å².